The molecule has 7 nitrogen and oxygen atoms in total. The second-order valence-corrected chi connectivity index (χ2v) is 7.39. The maximum atomic E-state index is 13.7. The minimum absolute atomic E-state index is 0.0134. The van der Waals surface area contributed by atoms with Crippen molar-refractivity contribution in [2.24, 2.45) is 0 Å². The summed E-state index contributed by atoms with van der Waals surface area (Å²) < 4.78 is 31.6. The Labute approximate surface area is 178 Å². The van der Waals surface area contributed by atoms with Crippen LogP contribution in [0.5, 0.6) is 11.5 Å². The van der Waals surface area contributed by atoms with E-state index in [0.717, 1.165) is 12.1 Å². The zero-order valence-electron chi connectivity index (χ0n) is 15.2. The first-order valence-corrected chi connectivity index (χ1v) is 9.46. The number of amides is 3. The van der Waals surface area contributed by atoms with Gasteiger partial charge < -0.3 is 15.2 Å². The number of halogens is 3. The molecule has 0 radical (unpaired) electrons. The number of carbonyl (C=O) groups is 3. The summed E-state index contributed by atoms with van der Waals surface area (Å²) in [5.41, 5.74) is 0.104. The zero-order valence-corrected chi connectivity index (χ0v) is 16.8. The van der Waals surface area contributed by atoms with Gasteiger partial charge in [0.2, 0.25) is 5.91 Å². The number of benzene rings is 2. The van der Waals surface area contributed by atoms with Crippen LogP contribution in [0.25, 0.3) is 6.08 Å². The molecule has 3 amide bonds. The number of rotatable bonds is 5. The molecule has 2 aromatic rings. The second-order valence-electron chi connectivity index (χ2n) is 5.99. The van der Waals surface area contributed by atoms with Crippen LogP contribution in [-0.2, 0) is 9.59 Å². The number of phenols is 1. The Morgan fingerprint density at radius 3 is 2.70 bits per heavy atom. The standard InChI is InChI=1S/C19H13ClF2N2O5S/c1-29-14-5-9(4-11(20)17(14)26)6-15-18(27)24(19(28)30-15)8-16(25)23-13-3-2-10(21)7-12(13)22/h2-7,26H,8H2,1H3,(H,23,25)/b15-6-. The first-order chi connectivity index (χ1) is 14.2. The van der Waals surface area contributed by atoms with Crippen molar-refractivity contribution in [3.63, 3.8) is 0 Å². The van der Waals surface area contributed by atoms with E-state index in [2.05, 4.69) is 5.32 Å². The molecule has 1 heterocycles. The Morgan fingerprint density at radius 2 is 2.03 bits per heavy atom. The smallest absolute Gasteiger partial charge is 0.294 e. The number of imide groups is 1. The van der Waals surface area contributed by atoms with Gasteiger partial charge in [0.1, 0.15) is 18.2 Å². The number of nitrogens with zero attached hydrogens (tertiary/aromatic N) is 1. The average molecular weight is 455 g/mol. The Hall–Kier alpha value is -3.11. The molecule has 11 heteroatoms. The lowest BCUT2D eigenvalue weighted by Crippen LogP contribution is -2.36. The lowest BCUT2D eigenvalue weighted by Gasteiger charge is -2.12. The quantitative estimate of drug-likeness (QED) is 0.663. The summed E-state index contributed by atoms with van der Waals surface area (Å²) >= 11 is 6.51. The first kappa shape index (κ1) is 21.6. The molecule has 1 aliphatic heterocycles. The molecule has 30 heavy (non-hydrogen) atoms. The van der Waals surface area contributed by atoms with E-state index in [0.29, 0.717) is 28.3 Å². The van der Waals surface area contributed by atoms with E-state index in [4.69, 9.17) is 16.3 Å². The maximum Gasteiger partial charge on any atom is 0.294 e. The molecule has 1 aliphatic rings. The Balaban J connectivity index is 1.75. The lowest BCUT2D eigenvalue weighted by molar-refractivity contribution is -0.127. The van der Waals surface area contributed by atoms with E-state index in [9.17, 15) is 28.3 Å². The normalized spacial score (nSPS) is 15.1. The number of ether oxygens (including phenoxy) is 1. The molecule has 0 unspecified atom stereocenters. The monoisotopic (exact) mass is 454 g/mol. The number of hydrogen-bond acceptors (Lipinski definition) is 6. The number of thioether (sulfide) groups is 1. The number of methoxy groups -OCH3 is 1. The summed E-state index contributed by atoms with van der Waals surface area (Å²) in [6, 6.07) is 5.36. The van der Waals surface area contributed by atoms with Crippen LogP contribution in [0.1, 0.15) is 5.56 Å². The van der Waals surface area contributed by atoms with Crippen LogP contribution in [0.4, 0.5) is 19.3 Å². The van der Waals surface area contributed by atoms with Crippen LogP contribution in [-0.4, -0.2) is 40.7 Å². The highest BCUT2D eigenvalue weighted by Crippen LogP contribution is 2.37. The summed E-state index contributed by atoms with van der Waals surface area (Å²) in [7, 11) is 1.33. The van der Waals surface area contributed by atoms with Gasteiger partial charge in [0.05, 0.1) is 22.7 Å². The topological polar surface area (TPSA) is 95.9 Å². The van der Waals surface area contributed by atoms with Crippen molar-refractivity contribution >= 4 is 52.2 Å². The van der Waals surface area contributed by atoms with Gasteiger partial charge in [-0.1, -0.05) is 11.6 Å². The molecule has 2 N–H and O–H groups in total. The third-order valence-corrected chi connectivity index (χ3v) is 5.14. The van der Waals surface area contributed by atoms with Crippen molar-refractivity contribution in [3.05, 3.63) is 57.5 Å². The summed E-state index contributed by atoms with van der Waals surface area (Å²) in [5, 5.41) is 11.2. The molecule has 0 bridgehead atoms. The van der Waals surface area contributed by atoms with E-state index < -0.39 is 35.2 Å². The predicted octanol–water partition coefficient (Wildman–Crippen LogP) is 4.01. The second kappa shape index (κ2) is 8.72. The van der Waals surface area contributed by atoms with Gasteiger partial charge in [0.25, 0.3) is 11.1 Å². The molecular formula is C19H13ClF2N2O5S. The van der Waals surface area contributed by atoms with E-state index >= 15 is 0 Å². The van der Waals surface area contributed by atoms with Crippen LogP contribution in [0.15, 0.2) is 35.2 Å². The van der Waals surface area contributed by atoms with Crippen LogP contribution in [0.3, 0.4) is 0 Å². The highest BCUT2D eigenvalue weighted by Gasteiger charge is 2.36. The molecule has 0 aromatic heterocycles. The van der Waals surface area contributed by atoms with E-state index in [1.807, 2.05) is 0 Å². The van der Waals surface area contributed by atoms with Gasteiger partial charge in [-0.25, -0.2) is 8.78 Å². The fourth-order valence-corrected chi connectivity index (χ4v) is 3.60. The Kier molecular flexibility index (Phi) is 6.28. The highest BCUT2D eigenvalue weighted by molar-refractivity contribution is 8.18. The van der Waals surface area contributed by atoms with Crippen LogP contribution in [0, 0.1) is 11.6 Å². The minimum atomic E-state index is -0.990. The molecule has 1 saturated heterocycles. The van der Waals surface area contributed by atoms with Crippen molar-refractivity contribution in [2.45, 2.75) is 0 Å². The molecular weight excluding hydrogens is 442 g/mol. The SMILES string of the molecule is COc1cc(/C=C2\SC(=O)N(CC(=O)Nc3ccc(F)cc3F)C2=O)cc(Cl)c1O. The van der Waals surface area contributed by atoms with Crippen molar-refractivity contribution in [3.8, 4) is 11.5 Å². The number of anilines is 1. The van der Waals surface area contributed by atoms with Crippen molar-refractivity contribution in [1.29, 1.82) is 0 Å². The largest absolute Gasteiger partial charge is 0.503 e. The van der Waals surface area contributed by atoms with Gasteiger partial charge in [-0.3, -0.25) is 19.3 Å². The zero-order chi connectivity index (χ0) is 22.0. The third-order valence-electron chi connectivity index (χ3n) is 3.95. The summed E-state index contributed by atoms with van der Waals surface area (Å²) in [4.78, 5) is 37.5. The van der Waals surface area contributed by atoms with Crippen molar-refractivity contribution in [1.82, 2.24) is 4.90 Å². The van der Waals surface area contributed by atoms with Gasteiger partial charge in [-0.2, -0.15) is 0 Å². The first-order valence-electron chi connectivity index (χ1n) is 8.26. The number of nitrogens with one attached hydrogen (secondary N) is 1. The number of phenolic OH excluding ortho intramolecular Hbond substituents is 1. The molecule has 0 saturated carbocycles. The fraction of sp³-hybridized carbons (Fsp3) is 0.105. The fourth-order valence-electron chi connectivity index (χ4n) is 2.54. The van der Waals surface area contributed by atoms with Gasteiger partial charge in [-0.05, 0) is 47.7 Å². The average Bonchev–Trinajstić information content (AvgIpc) is 2.94. The Bertz CT molecular complexity index is 1090. The van der Waals surface area contributed by atoms with Crippen LogP contribution >= 0.6 is 23.4 Å². The van der Waals surface area contributed by atoms with Crippen molar-refractivity contribution in [2.75, 3.05) is 19.0 Å². The number of aromatic hydroxyl groups is 1. The highest BCUT2D eigenvalue weighted by atomic mass is 35.5. The molecule has 0 spiro atoms. The maximum absolute atomic E-state index is 13.7. The molecule has 0 aliphatic carbocycles. The Morgan fingerprint density at radius 1 is 1.30 bits per heavy atom. The van der Waals surface area contributed by atoms with E-state index in [-0.39, 0.29) is 27.1 Å². The summed E-state index contributed by atoms with van der Waals surface area (Å²) in [6.45, 7) is -0.654. The van der Waals surface area contributed by atoms with Gasteiger partial charge in [0.15, 0.2) is 11.5 Å². The van der Waals surface area contributed by atoms with Gasteiger partial charge >= 0.3 is 0 Å². The molecule has 156 valence electrons. The summed E-state index contributed by atoms with van der Waals surface area (Å²) in [6.07, 6.45) is 1.36. The van der Waals surface area contributed by atoms with E-state index in [1.165, 1.54) is 25.3 Å². The van der Waals surface area contributed by atoms with Crippen LogP contribution in [0.2, 0.25) is 5.02 Å². The lowest BCUT2D eigenvalue weighted by atomic mass is 10.2. The van der Waals surface area contributed by atoms with E-state index in [1.54, 1.807) is 0 Å². The van der Waals surface area contributed by atoms with Crippen LogP contribution < -0.4 is 10.1 Å². The van der Waals surface area contributed by atoms with Gasteiger partial charge in [0, 0.05) is 6.07 Å². The number of carbonyl (C=O) groups excluding carboxylic acids is 3. The molecule has 2 aromatic carbocycles. The third kappa shape index (κ3) is 4.55. The van der Waals surface area contributed by atoms with Crippen molar-refractivity contribution < 1.29 is 33.0 Å². The molecule has 1 fully saturated rings. The number of hydrogen-bond donors (Lipinski definition) is 2. The molecule has 0 atom stereocenters. The minimum Gasteiger partial charge on any atom is -0.503 e. The summed E-state index contributed by atoms with van der Waals surface area (Å²) in [5.74, 6) is -3.56. The molecule has 3 rings (SSSR count). The predicted molar refractivity (Wildman–Crippen MR) is 107 cm³/mol. The van der Waals surface area contributed by atoms with Gasteiger partial charge in [-0.15, -0.1) is 0 Å².